The lowest BCUT2D eigenvalue weighted by Crippen LogP contribution is -2.23. The van der Waals surface area contributed by atoms with Crippen LogP contribution in [0.5, 0.6) is 0 Å². The number of carbonyl (C=O) groups excluding carboxylic acids is 1. The molecule has 0 aromatic heterocycles. The zero-order valence-electron chi connectivity index (χ0n) is 9.21. The van der Waals surface area contributed by atoms with Crippen LogP contribution < -0.4 is 5.32 Å². The van der Waals surface area contributed by atoms with E-state index in [1.54, 1.807) is 0 Å². The second kappa shape index (κ2) is 5.51. The summed E-state index contributed by atoms with van der Waals surface area (Å²) in [6, 6.07) is 6.14. The molecular formula is C12H17NO2. The van der Waals surface area contributed by atoms with Crippen LogP contribution in [0.15, 0.2) is 18.2 Å². The van der Waals surface area contributed by atoms with Gasteiger partial charge < -0.3 is 10.4 Å². The predicted molar refractivity (Wildman–Crippen MR) is 59.5 cm³/mol. The van der Waals surface area contributed by atoms with E-state index in [0.717, 1.165) is 5.56 Å². The highest BCUT2D eigenvalue weighted by Crippen LogP contribution is 2.09. The van der Waals surface area contributed by atoms with Gasteiger partial charge >= 0.3 is 0 Å². The maximum absolute atomic E-state index is 11.1. The van der Waals surface area contributed by atoms with Crippen LogP contribution in [0.3, 0.4) is 0 Å². The van der Waals surface area contributed by atoms with E-state index in [2.05, 4.69) is 11.4 Å². The van der Waals surface area contributed by atoms with E-state index < -0.39 is 0 Å². The first-order chi connectivity index (χ1) is 7.13. The number of amides is 1. The normalized spacial score (nSPS) is 10.1. The van der Waals surface area contributed by atoms with Gasteiger partial charge in [0, 0.05) is 13.0 Å². The summed E-state index contributed by atoms with van der Waals surface area (Å²) >= 11 is 0. The highest BCUT2D eigenvalue weighted by Gasteiger charge is 2.02. The van der Waals surface area contributed by atoms with Gasteiger partial charge in [0.15, 0.2) is 0 Å². The maximum atomic E-state index is 11.1. The van der Waals surface area contributed by atoms with Gasteiger partial charge in [0.2, 0.25) is 5.91 Å². The molecule has 82 valence electrons. The number of carbonyl (C=O) groups is 1. The Labute approximate surface area is 90.1 Å². The molecule has 1 aromatic rings. The molecular weight excluding hydrogens is 190 g/mol. The Bertz CT molecular complexity index is 347. The summed E-state index contributed by atoms with van der Waals surface area (Å²) in [5, 5.41) is 11.3. The van der Waals surface area contributed by atoms with Crippen molar-refractivity contribution in [3.8, 4) is 0 Å². The van der Waals surface area contributed by atoms with Gasteiger partial charge in [-0.25, -0.2) is 0 Å². The quantitative estimate of drug-likeness (QED) is 0.782. The van der Waals surface area contributed by atoms with E-state index in [1.807, 2.05) is 26.0 Å². The van der Waals surface area contributed by atoms with Crippen molar-refractivity contribution in [1.29, 1.82) is 0 Å². The highest BCUT2D eigenvalue weighted by molar-refractivity contribution is 5.75. The number of benzene rings is 1. The Hall–Kier alpha value is -1.35. The van der Waals surface area contributed by atoms with Crippen LogP contribution >= 0.6 is 0 Å². The molecule has 0 fully saturated rings. The van der Waals surface area contributed by atoms with Crippen molar-refractivity contribution in [2.45, 2.75) is 26.8 Å². The number of hydrogen-bond donors (Lipinski definition) is 2. The van der Waals surface area contributed by atoms with E-state index >= 15 is 0 Å². The highest BCUT2D eigenvalue weighted by atomic mass is 16.3. The Kier molecular flexibility index (Phi) is 4.31. The third-order valence-electron chi connectivity index (χ3n) is 2.31. The summed E-state index contributed by atoms with van der Waals surface area (Å²) in [7, 11) is 0. The van der Waals surface area contributed by atoms with Crippen molar-refractivity contribution in [2.24, 2.45) is 0 Å². The van der Waals surface area contributed by atoms with Crippen molar-refractivity contribution in [3.05, 3.63) is 34.9 Å². The average molecular weight is 207 g/mol. The number of rotatable bonds is 4. The van der Waals surface area contributed by atoms with Crippen LogP contribution in [0.25, 0.3) is 0 Å². The van der Waals surface area contributed by atoms with Gasteiger partial charge in [-0.3, -0.25) is 4.79 Å². The third-order valence-corrected chi connectivity index (χ3v) is 2.31. The van der Waals surface area contributed by atoms with Gasteiger partial charge in [-0.05, 0) is 25.0 Å². The minimum atomic E-state index is -0.113. The summed E-state index contributed by atoms with van der Waals surface area (Å²) in [5.41, 5.74) is 3.52. The van der Waals surface area contributed by atoms with Crippen molar-refractivity contribution < 1.29 is 9.90 Å². The molecule has 1 aromatic carbocycles. The van der Waals surface area contributed by atoms with Crippen LogP contribution in [0, 0.1) is 13.8 Å². The SMILES string of the molecule is Cc1ccc(CNC(=O)CCO)c(C)c1. The van der Waals surface area contributed by atoms with Gasteiger partial charge in [0.05, 0.1) is 6.61 Å². The minimum absolute atomic E-state index is 0.0985. The molecule has 0 aliphatic heterocycles. The molecule has 0 saturated heterocycles. The smallest absolute Gasteiger partial charge is 0.222 e. The van der Waals surface area contributed by atoms with Crippen molar-refractivity contribution in [1.82, 2.24) is 5.32 Å². The molecule has 0 saturated carbocycles. The zero-order valence-corrected chi connectivity index (χ0v) is 9.21. The summed E-state index contributed by atoms with van der Waals surface area (Å²) in [6.45, 7) is 4.51. The van der Waals surface area contributed by atoms with Gasteiger partial charge in [-0.1, -0.05) is 23.8 Å². The van der Waals surface area contributed by atoms with Gasteiger partial charge in [0.1, 0.15) is 0 Å². The molecule has 0 bridgehead atoms. The molecule has 0 spiro atoms. The predicted octanol–water partition coefficient (Wildman–Crippen LogP) is 1.30. The van der Waals surface area contributed by atoms with Crippen LogP contribution in [0.4, 0.5) is 0 Å². The number of hydrogen-bond acceptors (Lipinski definition) is 2. The van der Waals surface area contributed by atoms with Gasteiger partial charge in [-0.15, -0.1) is 0 Å². The molecule has 3 heteroatoms. The Morgan fingerprint density at radius 1 is 1.40 bits per heavy atom. The lowest BCUT2D eigenvalue weighted by molar-refractivity contribution is -0.121. The molecule has 15 heavy (non-hydrogen) atoms. The van der Waals surface area contributed by atoms with E-state index in [0.29, 0.717) is 6.54 Å². The molecule has 0 unspecified atom stereocenters. The average Bonchev–Trinajstić information content (AvgIpc) is 2.17. The summed E-state index contributed by atoms with van der Waals surface area (Å²) in [5.74, 6) is -0.113. The summed E-state index contributed by atoms with van der Waals surface area (Å²) in [6.07, 6.45) is 0.172. The number of aryl methyl sites for hydroxylation is 2. The third kappa shape index (κ3) is 3.72. The largest absolute Gasteiger partial charge is 0.396 e. The van der Waals surface area contributed by atoms with E-state index in [9.17, 15) is 4.79 Å². The molecule has 0 aliphatic carbocycles. The lowest BCUT2D eigenvalue weighted by Gasteiger charge is -2.08. The summed E-state index contributed by atoms with van der Waals surface area (Å²) < 4.78 is 0. The van der Waals surface area contributed by atoms with Crippen LogP contribution in [-0.4, -0.2) is 17.6 Å². The van der Waals surface area contributed by atoms with Gasteiger partial charge in [0.25, 0.3) is 0 Å². The molecule has 3 nitrogen and oxygen atoms in total. The van der Waals surface area contributed by atoms with Crippen molar-refractivity contribution in [3.63, 3.8) is 0 Å². The lowest BCUT2D eigenvalue weighted by atomic mass is 10.1. The first-order valence-corrected chi connectivity index (χ1v) is 5.07. The monoisotopic (exact) mass is 207 g/mol. The first-order valence-electron chi connectivity index (χ1n) is 5.07. The second-order valence-corrected chi connectivity index (χ2v) is 3.68. The molecule has 0 aliphatic rings. The molecule has 0 heterocycles. The van der Waals surface area contributed by atoms with E-state index in [-0.39, 0.29) is 18.9 Å². The molecule has 2 N–H and O–H groups in total. The minimum Gasteiger partial charge on any atom is -0.396 e. The number of aliphatic hydroxyl groups excluding tert-OH is 1. The van der Waals surface area contributed by atoms with Crippen molar-refractivity contribution in [2.75, 3.05) is 6.61 Å². The molecule has 1 rings (SSSR count). The first kappa shape index (κ1) is 11.7. The van der Waals surface area contributed by atoms with Gasteiger partial charge in [-0.2, -0.15) is 0 Å². The fourth-order valence-electron chi connectivity index (χ4n) is 1.43. The topological polar surface area (TPSA) is 49.3 Å². The maximum Gasteiger partial charge on any atom is 0.222 e. The van der Waals surface area contributed by atoms with E-state index in [4.69, 9.17) is 5.11 Å². The number of aliphatic hydroxyl groups is 1. The fourth-order valence-corrected chi connectivity index (χ4v) is 1.43. The van der Waals surface area contributed by atoms with Crippen LogP contribution in [0.1, 0.15) is 23.1 Å². The van der Waals surface area contributed by atoms with Crippen molar-refractivity contribution >= 4 is 5.91 Å². The molecule has 0 atom stereocenters. The Morgan fingerprint density at radius 3 is 2.73 bits per heavy atom. The Balaban J connectivity index is 2.54. The fraction of sp³-hybridized carbons (Fsp3) is 0.417. The summed E-state index contributed by atoms with van der Waals surface area (Å²) in [4.78, 5) is 11.1. The Morgan fingerprint density at radius 2 is 2.13 bits per heavy atom. The van der Waals surface area contributed by atoms with Crippen LogP contribution in [-0.2, 0) is 11.3 Å². The van der Waals surface area contributed by atoms with E-state index in [1.165, 1.54) is 11.1 Å². The van der Waals surface area contributed by atoms with Crippen LogP contribution in [0.2, 0.25) is 0 Å². The zero-order chi connectivity index (χ0) is 11.3. The standard InChI is InChI=1S/C12H17NO2/c1-9-3-4-11(10(2)7-9)8-13-12(15)5-6-14/h3-4,7,14H,5-6,8H2,1-2H3,(H,13,15). The second-order valence-electron chi connectivity index (χ2n) is 3.68. The molecule has 0 radical (unpaired) electrons. The molecule has 1 amide bonds. The number of nitrogens with one attached hydrogen (secondary N) is 1.